The van der Waals surface area contributed by atoms with Gasteiger partial charge in [-0.2, -0.15) is 5.26 Å². The van der Waals surface area contributed by atoms with Crippen molar-refractivity contribution in [1.82, 2.24) is 19.0 Å². The van der Waals surface area contributed by atoms with Crippen LogP contribution in [0.25, 0.3) is 0 Å². The lowest BCUT2D eigenvalue weighted by Gasteiger charge is -2.21. The van der Waals surface area contributed by atoms with Crippen LogP contribution in [-0.2, 0) is 30.6 Å². The van der Waals surface area contributed by atoms with Gasteiger partial charge in [-0.05, 0) is 18.2 Å². The molecule has 16 heteroatoms. The van der Waals surface area contributed by atoms with Gasteiger partial charge in [0.15, 0.2) is 0 Å². The zero-order chi connectivity index (χ0) is 30.8. The van der Waals surface area contributed by atoms with Crippen LogP contribution in [0.5, 0.6) is 0 Å². The molecule has 0 aromatic carbocycles. The van der Waals surface area contributed by atoms with Gasteiger partial charge in [0.2, 0.25) is 0 Å². The smallest absolute Gasteiger partial charge is 0.272 e. The minimum Gasteiger partial charge on any atom is -0.386 e. The first kappa shape index (κ1) is 32.1. The molecule has 3 aromatic rings. The van der Waals surface area contributed by atoms with Crippen LogP contribution in [0, 0.1) is 22.7 Å². The third kappa shape index (κ3) is 7.59. The predicted octanol–water partition coefficient (Wildman–Crippen LogP) is 1.04. The Labute approximate surface area is 259 Å². The second-order valence-electron chi connectivity index (χ2n) is 10.7. The number of hydrogen-bond donors (Lipinski definition) is 5. The lowest BCUT2D eigenvalue weighted by molar-refractivity contribution is 0.0942. The molecule has 5 rings (SSSR count). The fraction of sp³-hybridized carbons (Fsp3) is 0.393. The highest BCUT2D eigenvalue weighted by Crippen LogP contribution is 2.25. The summed E-state index contributed by atoms with van der Waals surface area (Å²) >= 11 is 0. The number of nitrogens with zero attached hydrogens (tertiary/aromatic N) is 5. The maximum Gasteiger partial charge on any atom is 0.272 e. The Hall–Kier alpha value is -4.78. The molecule has 234 valence electrons. The minimum absolute atomic E-state index is 0. The molecule has 0 bridgehead atoms. The van der Waals surface area contributed by atoms with Gasteiger partial charge in [0.05, 0.1) is 48.6 Å². The summed E-state index contributed by atoms with van der Waals surface area (Å²) in [6.07, 6.45) is 5.51. The van der Waals surface area contributed by atoms with E-state index in [1.54, 1.807) is 48.7 Å². The van der Waals surface area contributed by atoms with Gasteiger partial charge in [0.25, 0.3) is 17.7 Å². The summed E-state index contributed by atoms with van der Waals surface area (Å²) in [5.41, 5.74) is 8.08. The monoisotopic (exact) mass is 626 g/mol. The van der Waals surface area contributed by atoms with E-state index in [9.17, 15) is 14.4 Å². The van der Waals surface area contributed by atoms with Gasteiger partial charge >= 0.3 is 0 Å². The van der Waals surface area contributed by atoms with Gasteiger partial charge in [0, 0.05) is 59.4 Å². The Morgan fingerprint density at radius 1 is 0.932 bits per heavy atom. The summed E-state index contributed by atoms with van der Waals surface area (Å²) < 4.78 is 15.7. The largest absolute Gasteiger partial charge is 0.386 e. The van der Waals surface area contributed by atoms with Crippen molar-refractivity contribution in [3.8, 4) is 6.07 Å². The minimum atomic E-state index is -0.932. The lowest BCUT2D eigenvalue weighted by atomic mass is 10.1. The van der Waals surface area contributed by atoms with E-state index >= 15 is 0 Å². The number of carbonyl (C=O) groups excluding carboxylic acids is 3. The van der Waals surface area contributed by atoms with Crippen molar-refractivity contribution < 1.29 is 23.9 Å². The van der Waals surface area contributed by atoms with Gasteiger partial charge in [-0.3, -0.25) is 19.8 Å². The van der Waals surface area contributed by atoms with Crippen molar-refractivity contribution >= 4 is 53.0 Å². The quantitative estimate of drug-likeness (QED) is 0.105. The molecular weight excluding hydrogens is 592 g/mol. The van der Waals surface area contributed by atoms with Crippen molar-refractivity contribution in [2.24, 2.45) is 32.8 Å². The Bertz CT molecular complexity index is 1600. The number of nitriles is 1. The fourth-order valence-corrected chi connectivity index (χ4v) is 4.69. The van der Waals surface area contributed by atoms with E-state index in [4.69, 9.17) is 25.9 Å². The van der Waals surface area contributed by atoms with Crippen LogP contribution < -0.4 is 26.6 Å². The highest BCUT2D eigenvalue weighted by Gasteiger charge is 2.32. The van der Waals surface area contributed by atoms with Crippen molar-refractivity contribution in [3.05, 3.63) is 53.9 Å². The predicted molar refractivity (Wildman–Crippen MR) is 164 cm³/mol. The number of nitrogens with two attached hydrogens (primary N) is 1. The lowest BCUT2D eigenvalue weighted by Crippen LogP contribution is -2.35. The van der Waals surface area contributed by atoms with Crippen molar-refractivity contribution in [2.75, 3.05) is 48.4 Å². The third-order valence-corrected chi connectivity index (χ3v) is 7.23. The summed E-state index contributed by atoms with van der Waals surface area (Å²) in [7, 11) is 5.13. The van der Waals surface area contributed by atoms with Gasteiger partial charge < -0.3 is 49.8 Å². The Morgan fingerprint density at radius 2 is 1.39 bits per heavy atom. The maximum atomic E-state index is 13.2. The van der Waals surface area contributed by atoms with E-state index in [2.05, 4.69) is 20.9 Å². The highest BCUT2D eigenvalue weighted by atomic mass is 35.5. The van der Waals surface area contributed by atoms with E-state index < -0.39 is 17.7 Å². The number of hydrogen-bond acceptors (Lipinski definition) is 8. The average Bonchev–Trinajstić information content (AvgIpc) is 3.85. The van der Waals surface area contributed by atoms with Crippen LogP contribution in [0.3, 0.4) is 0 Å². The topological polar surface area (TPSA) is 204 Å². The molecule has 44 heavy (non-hydrogen) atoms. The van der Waals surface area contributed by atoms with Crippen LogP contribution in [0.1, 0.15) is 31.5 Å². The van der Waals surface area contributed by atoms with Gasteiger partial charge in [-0.1, -0.05) is 0 Å². The molecule has 3 unspecified atom stereocenters. The second kappa shape index (κ2) is 13.2. The molecule has 6 N–H and O–H groups in total. The molecule has 0 aliphatic carbocycles. The molecule has 0 spiro atoms. The number of epoxide rings is 2. The van der Waals surface area contributed by atoms with Crippen molar-refractivity contribution in [1.29, 1.82) is 10.7 Å². The number of ether oxygens (including phenoxy) is 2. The normalized spacial score (nSPS) is 17.0. The standard InChI is InChI=1S/C28H34N10O5.ClH/c1-35-9-17(4-22(35)26(39)32-8-16(7-29)25(30)31)33-27(40)23-5-18(10-36(23)2)34-28(41)24-6-19(11-37(24)3)38(12-20-14-42-20)13-21-15-43-21;/h4-6,9-11,16,20-21H,8,12-15H2,1-3H3,(H3,30,31)(H,32,39)(H,33,40)(H,34,41);1H. The molecule has 2 fully saturated rings. The first-order valence-electron chi connectivity index (χ1n) is 13.6. The summed E-state index contributed by atoms with van der Waals surface area (Å²) in [5, 5.41) is 24.7. The van der Waals surface area contributed by atoms with Crippen molar-refractivity contribution in [2.45, 2.75) is 12.2 Å². The number of rotatable bonds is 13. The van der Waals surface area contributed by atoms with E-state index in [1.807, 2.05) is 18.3 Å². The van der Waals surface area contributed by atoms with Crippen LogP contribution in [-0.4, -0.2) is 82.3 Å². The summed E-state index contributed by atoms with van der Waals surface area (Å²) in [6, 6.07) is 6.75. The first-order chi connectivity index (χ1) is 20.5. The van der Waals surface area contributed by atoms with Crippen LogP contribution in [0.2, 0.25) is 0 Å². The summed E-state index contributed by atoms with van der Waals surface area (Å²) in [5.74, 6) is -2.51. The SMILES string of the molecule is Cl.Cn1cc(NC(=O)c2cc(NC(=O)c3cc(N(CC4CO4)CC4CO4)cn3C)cn2C)cc1C(=O)NCC(C#N)C(=N)N. The van der Waals surface area contributed by atoms with E-state index in [0.717, 1.165) is 32.0 Å². The van der Waals surface area contributed by atoms with Crippen LogP contribution in [0.15, 0.2) is 36.8 Å². The average molecular weight is 627 g/mol. The maximum absolute atomic E-state index is 13.2. The molecule has 2 saturated heterocycles. The molecule has 3 aromatic heterocycles. The highest BCUT2D eigenvalue weighted by molar-refractivity contribution is 6.07. The molecule has 3 amide bonds. The number of anilines is 3. The van der Waals surface area contributed by atoms with Crippen LogP contribution in [0.4, 0.5) is 17.1 Å². The number of halogens is 1. The Kier molecular flexibility index (Phi) is 9.68. The van der Waals surface area contributed by atoms with Gasteiger partial charge in [0.1, 0.15) is 28.8 Å². The third-order valence-electron chi connectivity index (χ3n) is 7.23. The molecule has 0 radical (unpaired) electrons. The van der Waals surface area contributed by atoms with Crippen LogP contribution >= 0.6 is 12.4 Å². The number of aryl methyl sites for hydroxylation is 3. The molecule has 3 atom stereocenters. The number of nitrogens with one attached hydrogen (secondary N) is 4. The zero-order valence-corrected chi connectivity index (χ0v) is 25.3. The number of aromatic nitrogens is 3. The number of amides is 3. The molecule has 2 aliphatic rings. The fourth-order valence-electron chi connectivity index (χ4n) is 4.69. The molecular formula is C28H35ClN10O5. The van der Waals surface area contributed by atoms with E-state index in [-0.39, 0.29) is 54.3 Å². The molecule has 2 aliphatic heterocycles. The number of carbonyl (C=O) groups is 3. The molecule has 15 nitrogen and oxygen atoms in total. The summed E-state index contributed by atoms with van der Waals surface area (Å²) in [6.45, 7) is 2.83. The van der Waals surface area contributed by atoms with Gasteiger partial charge in [-0.25, -0.2) is 0 Å². The van der Waals surface area contributed by atoms with Crippen molar-refractivity contribution in [3.63, 3.8) is 0 Å². The second-order valence-corrected chi connectivity index (χ2v) is 10.7. The van der Waals surface area contributed by atoms with E-state index in [1.165, 1.54) is 10.6 Å². The number of amidine groups is 1. The Balaban J connectivity index is 0.00000442. The summed E-state index contributed by atoms with van der Waals surface area (Å²) in [4.78, 5) is 41.0. The molecule has 0 saturated carbocycles. The van der Waals surface area contributed by atoms with E-state index in [0.29, 0.717) is 17.1 Å². The zero-order valence-electron chi connectivity index (χ0n) is 24.5. The van der Waals surface area contributed by atoms with Gasteiger partial charge in [-0.15, -0.1) is 12.4 Å². The molecule has 5 heterocycles. The Morgan fingerprint density at radius 3 is 1.84 bits per heavy atom. The first-order valence-corrected chi connectivity index (χ1v) is 13.6.